The number of furan rings is 1. The molecule has 40 heavy (non-hydrogen) atoms. The zero-order valence-electron chi connectivity index (χ0n) is 21.7. The molecule has 8 aromatic rings. The van der Waals surface area contributed by atoms with E-state index in [0.717, 1.165) is 21.9 Å². The maximum Gasteiger partial charge on any atom is 0.135 e. The summed E-state index contributed by atoms with van der Waals surface area (Å²) in [6.07, 6.45) is 0. The third kappa shape index (κ3) is 3.77. The SMILES string of the molecule is c1ccc(-c2cccc(-c3sc(-c4ccccc4-c4ccc5oc6ccccc6c5c4)c4ccccc34)c2)cc1. The molecule has 8 rings (SSSR count). The van der Waals surface area contributed by atoms with Crippen molar-refractivity contribution in [2.45, 2.75) is 0 Å². The maximum absolute atomic E-state index is 6.11. The average molecular weight is 529 g/mol. The molecule has 0 unspecified atom stereocenters. The number of thiophene rings is 1. The first-order valence-corrected chi connectivity index (χ1v) is 14.3. The summed E-state index contributed by atoms with van der Waals surface area (Å²) in [5.41, 5.74) is 9.24. The van der Waals surface area contributed by atoms with E-state index in [9.17, 15) is 0 Å². The van der Waals surface area contributed by atoms with Crippen molar-refractivity contribution in [3.05, 3.63) is 146 Å². The highest BCUT2D eigenvalue weighted by Gasteiger charge is 2.18. The van der Waals surface area contributed by atoms with Gasteiger partial charge in [-0.05, 0) is 52.1 Å². The molecule has 0 radical (unpaired) electrons. The molecule has 6 aromatic carbocycles. The van der Waals surface area contributed by atoms with E-state index in [4.69, 9.17) is 4.42 Å². The number of hydrogen-bond acceptors (Lipinski definition) is 2. The summed E-state index contributed by atoms with van der Waals surface area (Å²) < 4.78 is 6.11. The van der Waals surface area contributed by atoms with Gasteiger partial charge in [0, 0.05) is 36.9 Å². The minimum absolute atomic E-state index is 0.921. The van der Waals surface area contributed by atoms with Gasteiger partial charge in [-0.1, -0.05) is 121 Å². The van der Waals surface area contributed by atoms with E-state index in [2.05, 4.69) is 133 Å². The molecule has 0 aliphatic rings. The minimum Gasteiger partial charge on any atom is -0.456 e. The largest absolute Gasteiger partial charge is 0.456 e. The summed E-state index contributed by atoms with van der Waals surface area (Å²) >= 11 is 1.88. The van der Waals surface area contributed by atoms with Crippen LogP contribution in [0.1, 0.15) is 0 Å². The first-order chi connectivity index (χ1) is 19.8. The lowest BCUT2D eigenvalue weighted by atomic mass is 9.95. The van der Waals surface area contributed by atoms with Crippen molar-refractivity contribution in [1.29, 1.82) is 0 Å². The molecule has 188 valence electrons. The molecule has 0 saturated heterocycles. The Labute approximate surface area is 236 Å². The van der Waals surface area contributed by atoms with Crippen molar-refractivity contribution < 1.29 is 4.42 Å². The summed E-state index contributed by atoms with van der Waals surface area (Å²) in [4.78, 5) is 2.60. The molecular weight excluding hydrogens is 504 g/mol. The van der Waals surface area contributed by atoms with Gasteiger partial charge in [0.05, 0.1) is 0 Å². The van der Waals surface area contributed by atoms with Crippen LogP contribution in [0.5, 0.6) is 0 Å². The highest BCUT2D eigenvalue weighted by atomic mass is 32.1. The first-order valence-electron chi connectivity index (χ1n) is 13.5. The van der Waals surface area contributed by atoms with Crippen LogP contribution < -0.4 is 0 Å². The van der Waals surface area contributed by atoms with Gasteiger partial charge in [0.1, 0.15) is 11.2 Å². The Bertz CT molecular complexity index is 2160. The molecule has 1 nitrogen and oxygen atoms in total. The molecule has 0 bridgehead atoms. The van der Waals surface area contributed by atoms with E-state index in [1.807, 2.05) is 23.5 Å². The van der Waals surface area contributed by atoms with Crippen molar-refractivity contribution >= 4 is 44.0 Å². The fourth-order valence-corrected chi connectivity index (χ4v) is 7.12. The number of rotatable bonds is 4. The molecule has 0 saturated carbocycles. The fraction of sp³-hybridized carbons (Fsp3) is 0. The van der Waals surface area contributed by atoms with Crippen LogP contribution in [0, 0.1) is 0 Å². The number of fused-ring (bicyclic) bond motifs is 4. The Balaban J connectivity index is 1.31. The van der Waals surface area contributed by atoms with Gasteiger partial charge in [-0.25, -0.2) is 0 Å². The van der Waals surface area contributed by atoms with Crippen LogP contribution in [0.25, 0.3) is 75.8 Å². The van der Waals surface area contributed by atoms with E-state index < -0.39 is 0 Å². The van der Waals surface area contributed by atoms with Crippen LogP contribution in [0.15, 0.2) is 150 Å². The zero-order chi connectivity index (χ0) is 26.5. The normalized spacial score (nSPS) is 11.5. The van der Waals surface area contributed by atoms with Crippen molar-refractivity contribution in [3.8, 4) is 43.1 Å². The molecule has 0 atom stereocenters. The summed E-state index contributed by atoms with van der Waals surface area (Å²) in [7, 11) is 0. The Kier molecular flexibility index (Phi) is 5.39. The summed E-state index contributed by atoms with van der Waals surface area (Å²) in [5, 5.41) is 4.88. The number of benzene rings is 6. The van der Waals surface area contributed by atoms with E-state index in [0.29, 0.717) is 0 Å². The third-order valence-corrected chi connectivity index (χ3v) is 9.02. The van der Waals surface area contributed by atoms with E-state index >= 15 is 0 Å². The zero-order valence-corrected chi connectivity index (χ0v) is 22.5. The minimum atomic E-state index is 0.921. The highest BCUT2D eigenvalue weighted by molar-refractivity contribution is 7.21. The predicted octanol–water partition coefficient (Wildman–Crippen LogP) is 11.5. The van der Waals surface area contributed by atoms with Gasteiger partial charge in [-0.2, -0.15) is 0 Å². The Morgan fingerprint density at radius 3 is 1.82 bits per heavy atom. The predicted molar refractivity (Wildman–Crippen MR) is 171 cm³/mol. The van der Waals surface area contributed by atoms with Crippen LogP contribution in [0.2, 0.25) is 0 Å². The second-order valence-electron chi connectivity index (χ2n) is 10.1. The maximum atomic E-state index is 6.11. The van der Waals surface area contributed by atoms with Crippen LogP contribution >= 0.6 is 11.3 Å². The van der Waals surface area contributed by atoms with E-state index in [-0.39, 0.29) is 0 Å². The van der Waals surface area contributed by atoms with Crippen molar-refractivity contribution in [2.75, 3.05) is 0 Å². The smallest absolute Gasteiger partial charge is 0.135 e. The Morgan fingerprint density at radius 1 is 0.350 bits per heavy atom. The van der Waals surface area contributed by atoms with Gasteiger partial charge in [0.25, 0.3) is 0 Å². The standard InChI is InChI=1S/C38H24OS/c1-2-11-25(12-3-1)26-13-10-14-28(23-26)37-32-18-6-7-19-33(32)38(40-37)31-17-5-4-15-29(31)27-21-22-36-34(24-27)30-16-8-9-20-35(30)39-36/h1-24H. The fourth-order valence-electron chi connectivity index (χ4n) is 5.80. The molecule has 0 aliphatic heterocycles. The molecule has 0 spiro atoms. The van der Waals surface area contributed by atoms with Crippen LogP contribution in [0.4, 0.5) is 0 Å². The van der Waals surface area contributed by atoms with Crippen LogP contribution in [-0.2, 0) is 0 Å². The van der Waals surface area contributed by atoms with Crippen LogP contribution in [-0.4, -0.2) is 0 Å². The highest BCUT2D eigenvalue weighted by Crippen LogP contribution is 2.47. The number of para-hydroxylation sites is 1. The summed E-state index contributed by atoms with van der Waals surface area (Å²) in [5.74, 6) is 0. The monoisotopic (exact) mass is 528 g/mol. The Hall–Kier alpha value is -4.92. The van der Waals surface area contributed by atoms with Gasteiger partial charge in [-0.15, -0.1) is 11.3 Å². The van der Waals surface area contributed by atoms with Gasteiger partial charge < -0.3 is 4.42 Å². The topological polar surface area (TPSA) is 13.1 Å². The lowest BCUT2D eigenvalue weighted by Crippen LogP contribution is -1.83. The summed E-state index contributed by atoms with van der Waals surface area (Å²) in [6, 6.07) is 52.0. The second-order valence-corrected chi connectivity index (χ2v) is 11.1. The van der Waals surface area contributed by atoms with Crippen LogP contribution in [0.3, 0.4) is 0 Å². The Morgan fingerprint density at radius 2 is 0.975 bits per heavy atom. The average Bonchev–Trinajstić information content (AvgIpc) is 3.60. The van der Waals surface area contributed by atoms with Crippen molar-refractivity contribution in [1.82, 2.24) is 0 Å². The molecule has 2 heterocycles. The number of hydrogen-bond donors (Lipinski definition) is 0. The second kappa shape index (κ2) is 9.37. The van der Waals surface area contributed by atoms with Crippen molar-refractivity contribution in [2.24, 2.45) is 0 Å². The van der Waals surface area contributed by atoms with Crippen molar-refractivity contribution in [3.63, 3.8) is 0 Å². The molecule has 0 amide bonds. The molecule has 2 aromatic heterocycles. The first kappa shape index (κ1) is 23.0. The molecule has 0 N–H and O–H groups in total. The van der Waals surface area contributed by atoms with E-state index in [1.54, 1.807) is 0 Å². The van der Waals surface area contributed by atoms with Gasteiger partial charge in [0.2, 0.25) is 0 Å². The lowest BCUT2D eigenvalue weighted by molar-refractivity contribution is 0.669. The lowest BCUT2D eigenvalue weighted by Gasteiger charge is -2.09. The summed E-state index contributed by atoms with van der Waals surface area (Å²) in [6.45, 7) is 0. The molecule has 0 aliphatic carbocycles. The molecule has 2 heteroatoms. The van der Waals surface area contributed by atoms with Gasteiger partial charge in [-0.3, -0.25) is 0 Å². The van der Waals surface area contributed by atoms with Gasteiger partial charge in [0.15, 0.2) is 0 Å². The molecule has 0 fully saturated rings. The quantitative estimate of drug-likeness (QED) is 0.221. The third-order valence-electron chi connectivity index (χ3n) is 7.71. The molecular formula is C38H24OS. The van der Waals surface area contributed by atoms with E-state index in [1.165, 1.54) is 53.9 Å². The van der Waals surface area contributed by atoms with Gasteiger partial charge >= 0.3 is 0 Å².